The van der Waals surface area contributed by atoms with E-state index in [1.165, 1.54) is 0 Å². The van der Waals surface area contributed by atoms with Gasteiger partial charge in [-0.05, 0) is 24.3 Å². The van der Waals surface area contributed by atoms with Crippen LogP contribution in [0.25, 0.3) is 10.9 Å². The molecule has 2 aromatic carbocycles. The molecule has 1 amide bonds. The molecular formula is C23H26N4O2. The second kappa shape index (κ2) is 8.82. The van der Waals surface area contributed by atoms with E-state index in [1.807, 2.05) is 53.4 Å². The Labute approximate surface area is 171 Å². The van der Waals surface area contributed by atoms with Gasteiger partial charge in [-0.3, -0.25) is 9.78 Å². The van der Waals surface area contributed by atoms with Crippen molar-refractivity contribution in [2.75, 3.05) is 50.1 Å². The maximum atomic E-state index is 12.6. The molecule has 0 bridgehead atoms. The highest BCUT2D eigenvalue weighted by Gasteiger charge is 2.22. The van der Waals surface area contributed by atoms with Gasteiger partial charge in [-0.15, -0.1) is 0 Å². The molecule has 29 heavy (non-hydrogen) atoms. The third kappa shape index (κ3) is 4.26. The van der Waals surface area contributed by atoms with Gasteiger partial charge in [-0.1, -0.05) is 30.3 Å². The van der Waals surface area contributed by atoms with Crippen LogP contribution in [0.4, 0.5) is 11.4 Å². The lowest BCUT2D eigenvalue weighted by molar-refractivity contribution is -0.131. The molecule has 0 unspecified atom stereocenters. The van der Waals surface area contributed by atoms with Crippen LogP contribution < -0.4 is 15.0 Å². The molecule has 0 atom stereocenters. The van der Waals surface area contributed by atoms with Crippen LogP contribution in [0.3, 0.4) is 0 Å². The Bertz CT molecular complexity index is 978. The number of carbonyl (C=O) groups is 1. The van der Waals surface area contributed by atoms with Crippen LogP contribution in [0.15, 0.2) is 60.8 Å². The minimum absolute atomic E-state index is 0.186. The molecule has 2 heterocycles. The number of hydrogen-bond donors (Lipinski definition) is 1. The summed E-state index contributed by atoms with van der Waals surface area (Å²) in [7, 11) is 1.69. The smallest absolute Gasteiger partial charge is 0.224 e. The summed E-state index contributed by atoms with van der Waals surface area (Å²) in [4.78, 5) is 21.3. The summed E-state index contributed by atoms with van der Waals surface area (Å²) in [6, 6.07) is 18.1. The normalized spacial score (nSPS) is 14.1. The van der Waals surface area contributed by atoms with E-state index >= 15 is 0 Å². The van der Waals surface area contributed by atoms with Gasteiger partial charge in [-0.2, -0.15) is 0 Å². The number of aromatic nitrogens is 1. The molecular weight excluding hydrogens is 364 g/mol. The number of pyridine rings is 1. The molecule has 1 aliphatic rings. The van der Waals surface area contributed by atoms with Gasteiger partial charge in [0.05, 0.1) is 24.0 Å². The molecule has 6 heteroatoms. The second-order valence-corrected chi connectivity index (χ2v) is 7.10. The number of benzene rings is 2. The molecule has 0 radical (unpaired) electrons. The summed E-state index contributed by atoms with van der Waals surface area (Å²) in [5.74, 6) is 1.06. The van der Waals surface area contributed by atoms with Crippen molar-refractivity contribution < 1.29 is 9.53 Å². The summed E-state index contributed by atoms with van der Waals surface area (Å²) >= 11 is 0. The van der Waals surface area contributed by atoms with E-state index in [4.69, 9.17) is 4.74 Å². The highest BCUT2D eigenvalue weighted by atomic mass is 16.5. The molecule has 1 aliphatic heterocycles. The van der Waals surface area contributed by atoms with Crippen molar-refractivity contribution >= 4 is 28.2 Å². The molecule has 1 saturated heterocycles. The number of hydrogen-bond acceptors (Lipinski definition) is 5. The fourth-order valence-electron chi connectivity index (χ4n) is 3.80. The zero-order valence-electron chi connectivity index (χ0n) is 16.7. The quantitative estimate of drug-likeness (QED) is 0.699. The lowest BCUT2D eigenvalue weighted by Gasteiger charge is -2.36. The monoisotopic (exact) mass is 390 g/mol. The molecule has 150 valence electrons. The van der Waals surface area contributed by atoms with E-state index < -0.39 is 0 Å². The van der Waals surface area contributed by atoms with Gasteiger partial charge in [-0.25, -0.2) is 0 Å². The molecule has 0 spiro atoms. The second-order valence-electron chi connectivity index (χ2n) is 7.10. The van der Waals surface area contributed by atoms with Crippen molar-refractivity contribution in [1.29, 1.82) is 0 Å². The van der Waals surface area contributed by atoms with E-state index in [-0.39, 0.29) is 5.91 Å². The Morgan fingerprint density at radius 2 is 1.83 bits per heavy atom. The molecule has 0 aliphatic carbocycles. The molecule has 6 nitrogen and oxygen atoms in total. The average molecular weight is 390 g/mol. The van der Waals surface area contributed by atoms with Crippen molar-refractivity contribution in [1.82, 2.24) is 9.88 Å². The highest BCUT2D eigenvalue weighted by molar-refractivity contribution is 5.90. The Balaban J connectivity index is 1.29. The van der Waals surface area contributed by atoms with Gasteiger partial charge in [0.2, 0.25) is 5.91 Å². The van der Waals surface area contributed by atoms with Crippen LogP contribution in [0.2, 0.25) is 0 Å². The number of para-hydroxylation sites is 3. The fourth-order valence-corrected chi connectivity index (χ4v) is 3.80. The van der Waals surface area contributed by atoms with E-state index in [9.17, 15) is 4.79 Å². The van der Waals surface area contributed by atoms with Crippen LogP contribution >= 0.6 is 0 Å². The van der Waals surface area contributed by atoms with Gasteiger partial charge < -0.3 is 19.9 Å². The largest absolute Gasteiger partial charge is 0.495 e. The van der Waals surface area contributed by atoms with Crippen LogP contribution in [0.5, 0.6) is 5.75 Å². The number of nitrogens with one attached hydrogen (secondary N) is 1. The van der Waals surface area contributed by atoms with Crippen molar-refractivity contribution in [3.05, 3.63) is 60.8 Å². The Hall–Kier alpha value is -3.28. The minimum Gasteiger partial charge on any atom is -0.495 e. The number of nitrogens with zero attached hydrogens (tertiary/aromatic N) is 3. The number of amides is 1. The number of fused-ring (bicyclic) bond motifs is 1. The van der Waals surface area contributed by atoms with Crippen molar-refractivity contribution in [3.63, 3.8) is 0 Å². The highest BCUT2D eigenvalue weighted by Crippen LogP contribution is 2.28. The summed E-state index contributed by atoms with van der Waals surface area (Å²) in [6.07, 6.45) is 2.26. The fraction of sp³-hybridized carbons (Fsp3) is 0.304. The first-order chi connectivity index (χ1) is 14.3. The van der Waals surface area contributed by atoms with Gasteiger partial charge >= 0.3 is 0 Å². The molecule has 1 aromatic heterocycles. The van der Waals surface area contributed by atoms with E-state index in [0.717, 1.165) is 54.2 Å². The minimum atomic E-state index is 0.186. The van der Waals surface area contributed by atoms with E-state index in [1.54, 1.807) is 13.3 Å². The average Bonchev–Trinajstić information content (AvgIpc) is 2.79. The summed E-state index contributed by atoms with van der Waals surface area (Å²) < 4.78 is 5.46. The Morgan fingerprint density at radius 3 is 2.66 bits per heavy atom. The molecule has 1 fully saturated rings. The number of rotatable bonds is 6. The lowest BCUT2D eigenvalue weighted by atomic mass is 10.2. The first kappa shape index (κ1) is 19.1. The topological polar surface area (TPSA) is 57.7 Å². The summed E-state index contributed by atoms with van der Waals surface area (Å²) in [5.41, 5.74) is 3.00. The maximum absolute atomic E-state index is 12.6. The third-order valence-electron chi connectivity index (χ3n) is 5.35. The van der Waals surface area contributed by atoms with Gasteiger partial charge in [0.1, 0.15) is 5.75 Å². The predicted molar refractivity (Wildman–Crippen MR) is 117 cm³/mol. The Kier molecular flexibility index (Phi) is 5.79. The van der Waals surface area contributed by atoms with Gasteiger partial charge in [0, 0.05) is 50.7 Å². The number of methoxy groups -OCH3 is 1. The van der Waals surface area contributed by atoms with Gasteiger partial charge in [0.15, 0.2) is 0 Å². The number of anilines is 2. The SMILES string of the molecule is COc1ccccc1N1CCN(C(=O)CCNc2cccc3cccnc23)CC1. The van der Waals surface area contributed by atoms with Crippen molar-refractivity contribution in [2.45, 2.75) is 6.42 Å². The van der Waals surface area contributed by atoms with Gasteiger partial charge in [0.25, 0.3) is 0 Å². The van der Waals surface area contributed by atoms with Crippen LogP contribution in [0, 0.1) is 0 Å². The molecule has 0 saturated carbocycles. The maximum Gasteiger partial charge on any atom is 0.224 e. The first-order valence-electron chi connectivity index (χ1n) is 9.99. The summed E-state index contributed by atoms with van der Waals surface area (Å²) in [6.45, 7) is 3.68. The van der Waals surface area contributed by atoms with Crippen molar-refractivity contribution in [3.8, 4) is 5.75 Å². The van der Waals surface area contributed by atoms with E-state index in [0.29, 0.717) is 13.0 Å². The molecule has 1 N–H and O–H groups in total. The number of piperazine rings is 1. The predicted octanol–water partition coefficient (Wildman–Crippen LogP) is 3.39. The zero-order valence-corrected chi connectivity index (χ0v) is 16.7. The zero-order chi connectivity index (χ0) is 20.1. The molecule has 3 aromatic rings. The number of carbonyl (C=O) groups excluding carboxylic acids is 1. The van der Waals surface area contributed by atoms with Crippen molar-refractivity contribution in [2.24, 2.45) is 0 Å². The van der Waals surface area contributed by atoms with Crippen LogP contribution in [0.1, 0.15) is 6.42 Å². The van der Waals surface area contributed by atoms with Crippen LogP contribution in [-0.2, 0) is 4.79 Å². The lowest BCUT2D eigenvalue weighted by Crippen LogP contribution is -2.49. The summed E-state index contributed by atoms with van der Waals surface area (Å²) in [5, 5.41) is 4.46. The molecule has 4 rings (SSSR count). The number of ether oxygens (including phenoxy) is 1. The first-order valence-corrected chi connectivity index (χ1v) is 9.99. The third-order valence-corrected chi connectivity index (χ3v) is 5.35. The van der Waals surface area contributed by atoms with Crippen LogP contribution in [-0.4, -0.2) is 55.6 Å². The standard InChI is InChI=1S/C23H26N4O2/c1-29-21-10-3-2-9-20(21)26-14-16-27(17-15-26)22(28)11-13-24-19-8-4-6-18-7-5-12-25-23(18)19/h2-10,12,24H,11,13-17H2,1H3. The Morgan fingerprint density at radius 1 is 1.03 bits per heavy atom. The van der Waals surface area contributed by atoms with E-state index in [2.05, 4.69) is 21.3 Å².